The number of benzene rings is 1. The molecular formula is C13H14N4. The number of anilines is 1. The van der Waals surface area contributed by atoms with Crippen molar-refractivity contribution in [2.45, 2.75) is 6.54 Å². The lowest BCUT2D eigenvalue weighted by atomic mass is 10.2. The Bertz CT molecular complexity index is 533. The molecule has 0 atom stereocenters. The normalized spacial score (nSPS) is 9.94. The van der Waals surface area contributed by atoms with Gasteiger partial charge < -0.3 is 4.90 Å². The molecule has 0 aliphatic heterocycles. The summed E-state index contributed by atoms with van der Waals surface area (Å²) in [5.41, 5.74) is 2.94. The van der Waals surface area contributed by atoms with E-state index in [-0.39, 0.29) is 0 Å². The van der Waals surface area contributed by atoms with E-state index < -0.39 is 0 Å². The number of hydrogen-bond acceptors (Lipinski definition) is 3. The third-order valence-corrected chi connectivity index (χ3v) is 2.62. The smallest absolute Gasteiger partial charge is 0.0991 e. The molecule has 0 saturated heterocycles. The standard InChI is InChI=1S/C13H14N4/c1-16(9-12-8-15-17(2)10-12)13-5-3-11(7-14)4-6-13/h3-6,8,10H,9H2,1-2H3. The summed E-state index contributed by atoms with van der Waals surface area (Å²) in [6.45, 7) is 0.805. The van der Waals surface area contributed by atoms with E-state index in [9.17, 15) is 0 Å². The van der Waals surface area contributed by atoms with E-state index in [2.05, 4.69) is 16.1 Å². The van der Waals surface area contributed by atoms with Crippen molar-refractivity contribution in [2.24, 2.45) is 7.05 Å². The highest BCUT2D eigenvalue weighted by Crippen LogP contribution is 2.15. The number of rotatable bonds is 3. The molecule has 0 bridgehead atoms. The molecule has 0 N–H and O–H groups in total. The van der Waals surface area contributed by atoms with Crippen molar-refractivity contribution in [1.29, 1.82) is 5.26 Å². The molecule has 86 valence electrons. The van der Waals surface area contributed by atoms with Gasteiger partial charge >= 0.3 is 0 Å². The van der Waals surface area contributed by atoms with Crippen molar-refractivity contribution in [3.63, 3.8) is 0 Å². The average Bonchev–Trinajstić information content (AvgIpc) is 2.75. The summed E-state index contributed by atoms with van der Waals surface area (Å²) in [6, 6.07) is 9.68. The molecule has 0 aliphatic rings. The van der Waals surface area contributed by atoms with Gasteiger partial charge in [0.1, 0.15) is 0 Å². The Kier molecular flexibility index (Phi) is 3.10. The number of nitriles is 1. The highest BCUT2D eigenvalue weighted by Gasteiger charge is 2.03. The summed E-state index contributed by atoms with van der Waals surface area (Å²) in [4.78, 5) is 2.12. The van der Waals surface area contributed by atoms with Crippen molar-refractivity contribution in [2.75, 3.05) is 11.9 Å². The summed E-state index contributed by atoms with van der Waals surface area (Å²) in [5, 5.41) is 12.9. The molecular weight excluding hydrogens is 212 g/mol. The fraction of sp³-hybridized carbons (Fsp3) is 0.231. The number of aryl methyl sites for hydroxylation is 1. The van der Waals surface area contributed by atoms with Crippen LogP contribution in [0.1, 0.15) is 11.1 Å². The van der Waals surface area contributed by atoms with Crippen LogP contribution in [0, 0.1) is 11.3 Å². The first-order chi connectivity index (χ1) is 8.19. The summed E-state index contributed by atoms with van der Waals surface area (Å²) in [7, 11) is 3.93. The zero-order valence-corrected chi connectivity index (χ0v) is 9.96. The Morgan fingerprint density at radius 2 is 2.06 bits per heavy atom. The maximum absolute atomic E-state index is 8.73. The molecule has 1 heterocycles. The van der Waals surface area contributed by atoms with Gasteiger partial charge in [-0.15, -0.1) is 0 Å². The Morgan fingerprint density at radius 3 is 2.59 bits per heavy atom. The van der Waals surface area contributed by atoms with E-state index >= 15 is 0 Å². The van der Waals surface area contributed by atoms with Crippen molar-refractivity contribution in [1.82, 2.24) is 9.78 Å². The predicted molar refractivity (Wildman–Crippen MR) is 66.5 cm³/mol. The van der Waals surface area contributed by atoms with Crippen LogP contribution in [0.3, 0.4) is 0 Å². The minimum Gasteiger partial charge on any atom is -0.370 e. The molecule has 0 radical (unpaired) electrons. The number of nitrogens with zero attached hydrogens (tertiary/aromatic N) is 4. The largest absolute Gasteiger partial charge is 0.370 e. The third kappa shape index (κ3) is 2.64. The third-order valence-electron chi connectivity index (χ3n) is 2.62. The molecule has 0 saturated carbocycles. The Morgan fingerprint density at radius 1 is 1.35 bits per heavy atom. The van der Waals surface area contributed by atoms with E-state index in [0.717, 1.165) is 12.2 Å². The van der Waals surface area contributed by atoms with Gasteiger partial charge in [-0.2, -0.15) is 10.4 Å². The van der Waals surface area contributed by atoms with E-state index in [1.54, 1.807) is 4.68 Å². The van der Waals surface area contributed by atoms with Gasteiger partial charge in [0.2, 0.25) is 0 Å². The van der Waals surface area contributed by atoms with Crippen molar-refractivity contribution in [3.8, 4) is 6.07 Å². The second-order valence-corrected chi connectivity index (χ2v) is 4.04. The Hall–Kier alpha value is -2.28. The van der Waals surface area contributed by atoms with Crippen molar-refractivity contribution < 1.29 is 0 Å². The van der Waals surface area contributed by atoms with Crippen LogP contribution in [-0.2, 0) is 13.6 Å². The lowest BCUT2D eigenvalue weighted by molar-refractivity contribution is 0.766. The van der Waals surface area contributed by atoms with Crippen molar-refractivity contribution in [3.05, 3.63) is 47.8 Å². The van der Waals surface area contributed by atoms with Crippen LogP contribution in [-0.4, -0.2) is 16.8 Å². The molecule has 0 unspecified atom stereocenters. The lowest BCUT2D eigenvalue weighted by Crippen LogP contribution is -2.15. The molecule has 0 amide bonds. The molecule has 4 heteroatoms. The van der Waals surface area contributed by atoms with Gasteiger partial charge in [0.15, 0.2) is 0 Å². The van der Waals surface area contributed by atoms with Gasteiger partial charge in [0.25, 0.3) is 0 Å². The fourth-order valence-corrected chi connectivity index (χ4v) is 1.71. The molecule has 1 aromatic heterocycles. The van der Waals surface area contributed by atoms with Gasteiger partial charge in [0, 0.05) is 38.1 Å². The van der Waals surface area contributed by atoms with Crippen LogP contribution in [0.4, 0.5) is 5.69 Å². The number of aromatic nitrogens is 2. The van der Waals surface area contributed by atoms with E-state index in [1.165, 1.54) is 5.56 Å². The second kappa shape index (κ2) is 4.71. The minimum absolute atomic E-state index is 0.684. The van der Waals surface area contributed by atoms with Crippen LogP contribution in [0.25, 0.3) is 0 Å². The topological polar surface area (TPSA) is 44.9 Å². The van der Waals surface area contributed by atoms with Crippen LogP contribution in [0.5, 0.6) is 0 Å². The zero-order chi connectivity index (χ0) is 12.3. The average molecular weight is 226 g/mol. The van der Waals surface area contributed by atoms with E-state index in [4.69, 9.17) is 5.26 Å². The lowest BCUT2D eigenvalue weighted by Gasteiger charge is -2.18. The summed E-state index contributed by atoms with van der Waals surface area (Å²) >= 11 is 0. The molecule has 2 rings (SSSR count). The molecule has 2 aromatic rings. The molecule has 0 fully saturated rings. The van der Waals surface area contributed by atoms with Crippen molar-refractivity contribution >= 4 is 5.69 Å². The van der Waals surface area contributed by atoms with Gasteiger partial charge in [-0.05, 0) is 24.3 Å². The van der Waals surface area contributed by atoms with Gasteiger partial charge in [-0.3, -0.25) is 4.68 Å². The van der Waals surface area contributed by atoms with Gasteiger partial charge in [-0.1, -0.05) is 0 Å². The molecule has 1 aromatic carbocycles. The first-order valence-corrected chi connectivity index (χ1v) is 5.38. The van der Waals surface area contributed by atoms with Gasteiger partial charge in [0.05, 0.1) is 17.8 Å². The summed E-state index contributed by atoms with van der Waals surface area (Å²) < 4.78 is 1.79. The predicted octanol–water partition coefficient (Wildman–Crippen LogP) is 1.93. The minimum atomic E-state index is 0.684. The maximum atomic E-state index is 8.73. The second-order valence-electron chi connectivity index (χ2n) is 4.04. The first-order valence-electron chi connectivity index (χ1n) is 5.38. The Balaban J connectivity index is 2.09. The highest BCUT2D eigenvalue weighted by atomic mass is 15.2. The SMILES string of the molecule is CN(Cc1cnn(C)c1)c1ccc(C#N)cc1. The monoisotopic (exact) mass is 226 g/mol. The first kappa shape index (κ1) is 11.2. The van der Waals surface area contributed by atoms with Crippen LogP contribution < -0.4 is 4.90 Å². The molecule has 0 spiro atoms. The highest BCUT2D eigenvalue weighted by molar-refractivity contribution is 5.49. The van der Waals surface area contributed by atoms with Gasteiger partial charge in [-0.25, -0.2) is 0 Å². The molecule has 0 aliphatic carbocycles. The summed E-state index contributed by atoms with van der Waals surface area (Å²) in [5.74, 6) is 0. The number of hydrogen-bond donors (Lipinski definition) is 0. The molecule has 17 heavy (non-hydrogen) atoms. The van der Waals surface area contributed by atoms with Crippen LogP contribution in [0.2, 0.25) is 0 Å². The van der Waals surface area contributed by atoms with Crippen LogP contribution >= 0.6 is 0 Å². The maximum Gasteiger partial charge on any atom is 0.0991 e. The molecule has 4 nitrogen and oxygen atoms in total. The summed E-state index contributed by atoms with van der Waals surface area (Å²) in [6.07, 6.45) is 3.86. The van der Waals surface area contributed by atoms with Crippen LogP contribution in [0.15, 0.2) is 36.7 Å². The quantitative estimate of drug-likeness (QED) is 0.803. The Labute approximate surface area is 101 Å². The van der Waals surface area contributed by atoms with E-state index in [1.807, 2.05) is 50.8 Å². The van der Waals surface area contributed by atoms with E-state index in [0.29, 0.717) is 5.56 Å². The fourth-order valence-electron chi connectivity index (χ4n) is 1.71. The zero-order valence-electron chi connectivity index (χ0n) is 9.96.